The number of nitrogens with zero attached hydrogens (tertiary/aromatic N) is 3. The standard InChI is InChI=1S/C19H20N4O3S/c1-12-7-15(16(24)11-27-19-8-20-22-21-19)13(2)23(12)9-14-10-25-17-5-3-4-6-18(17)26-14/h3-8,14H,9-11H2,1-2H3,(H,20,21,22)/t14-/m0/s1. The maximum absolute atomic E-state index is 12.6. The molecule has 0 spiro atoms. The zero-order valence-electron chi connectivity index (χ0n) is 15.1. The molecule has 3 heterocycles. The van der Waals surface area contributed by atoms with Gasteiger partial charge in [-0.15, -0.1) is 5.10 Å². The van der Waals surface area contributed by atoms with Crippen LogP contribution in [-0.4, -0.2) is 44.2 Å². The summed E-state index contributed by atoms with van der Waals surface area (Å²) in [6.07, 6.45) is 1.51. The first-order chi connectivity index (χ1) is 13.1. The normalized spacial score (nSPS) is 15.7. The van der Waals surface area contributed by atoms with Crippen molar-refractivity contribution >= 4 is 17.5 Å². The lowest BCUT2D eigenvalue weighted by Crippen LogP contribution is -2.33. The van der Waals surface area contributed by atoms with Gasteiger partial charge in [-0.05, 0) is 32.0 Å². The number of rotatable bonds is 6. The molecule has 0 fully saturated rings. The molecule has 27 heavy (non-hydrogen) atoms. The maximum atomic E-state index is 12.6. The molecule has 0 radical (unpaired) electrons. The SMILES string of the molecule is Cc1cc(C(=O)CSc2cn[nH]n2)c(C)n1C[C@H]1COc2ccccc2O1. The van der Waals surface area contributed by atoms with E-state index in [1.54, 1.807) is 6.20 Å². The van der Waals surface area contributed by atoms with Crippen LogP contribution in [0.15, 0.2) is 41.6 Å². The van der Waals surface area contributed by atoms with Gasteiger partial charge in [0, 0.05) is 17.0 Å². The second-order valence-electron chi connectivity index (χ2n) is 6.41. The number of aryl methyl sites for hydroxylation is 1. The van der Waals surface area contributed by atoms with Gasteiger partial charge in [0.15, 0.2) is 23.4 Å². The summed E-state index contributed by atoms with van der Waals surface area (Å²) in [6.45, 7) is 5.10. The number of carbonyl (C=O) groups excluding carboxylic acids is 1. The predicted octanol–water partition coefficient (Wildman–Crippen LogP) is 3.04. The van der Waals surface area contributed by atoms with Crippen LogP contribution in [0.3, 0.4) is 0 Å². The van der Waals surface area contributed by atoms with Gasteiger partial charge in [-0.2, -0.15) is 10.3 Å². The number of H-pyrrole nitrogens is 1. The Morgan fingerprint density at radius 1 is 1.33 bits per heavy atom. The van der Waals surface area contributed by atoms with Gasteiger partial charge in [-0.3, -0.25) is 4.79 Å². The Balaban J connectivity index is 1.45. The van der Waals surface area contributed by atoms with Crippen molar-refractivity contribution in [1.29, 1.82) is 0 Å². The van der Waals surface area contributed by atoms with E-state index in [1.165, 1.54) is 11.8 Å². The average Bonchev–Trinajstić information content (AvgIpc) is 3.30. The van der Waals surface area contributed by atoms with E-state index < -0.39 is 0 Å². The number of nitrogens with one attached hydrogen (secondary N) is 1. The summed E-state index contributed by atoms with van der Waals surface area (Å²) in [5.41, 5.74) is 2.71. The molecule has 1 aromatic carbocycles. The second-order valence-corrected chi connectivity index (χ2v) is 7.41. The molecule has 1 aliphatic heterocycles. The molecule has 0 unspecified atom stereocenters. The highest BCUT2D eigenvalue weighted by atomic mass is 32.2. The summed E-state index contributed by atoms with van der Waals surface area (Å²) < 4.78 is 14.0. The topological polar surface area (TPSA) is 82.0 Å². The highest BCUT2D eigenvalue weighted by Gasteiger charge is 2.24. The number of benzene rings is 1. The Morgan fingerprint density at radius 2 is 2.15 bits per heavy atom. The minimum absolute atomic E-state index is 0.0773. The van der Waals surface area contributed by atoms with Crippen molar-refractivity contribution in [2.45, 2.75) is 31.5 Å². The van der Waals surface area contributed by atoms with Gasteiger partial charge in [0.05, 0.1) is 18.5 Å². The summed E-state index contributed by atoms with van der Waals surface area (Å²) in [7, 11) is 0. The molecule has 4 rings (SSSR count). The number of aromatic nitrogens is 4. The second kappa shape index (κ2) is 7.48. The Labute approximate surface area is 161 Å². The summed E-state index contributed by atoms with van der Waals surface area (Å²) in [6, 6.07) is 9.62. The first-order valence-corrected chi connectivity index (χ1v) is 9.67. The molecule has 0 bridgehead atoms. The molecular weight excluding hydrogens is 364 g/mol. The number of para-hydroxylation sites is 2. The molecule has 1 N–H and O–H groups in total. The third-order valence-electron chi connectivity index (χ3n) is 4.57. The summed E-state index contributed by atoms with van der Waals surface area (Å²) in [5, 5.41) is 11.0. The average molecular weight is 384 g/mol. The fourth-order valence-corrected chi connectivity index (χ4v) is 3.87. The molecule has 0 aliphatic carbocycles. The minimum atomic E-state index is -0.0999. The van der Waals surface area contributed by atoms with E-state index in [4.69, 9.17) is 9.47 Å². The molecule has 0 saturated carbocycles. The zero-order valence-corrected chi connectivity index (χ0v) is 16.0. The van der Waals surface area contributed by atoms with Crippen LogP contribution >= 0.6 is 11.8 Å². The van der Waals surface area contributed by atoms with Crippen molar-refractivity contribution in [3.05, 3.63) is 53.5 Å². The van der Waals surface area contributed by atoms with E-state index >= 15 is 0 Å². The molecule has 7 nitrogen and oxygen atoms in total. The first-order valence-electron chi connectivity index (χ1n) is 8.69. The largest absolute Gasteiger partial charge is 0.486 e. The molecule has 3 aromatic rings. The number of ketones is 1. The van der Waals surface area contributed by atoms with Crippen molar-refractivity contribution in [1.82, 2.24) is 20.0 Å². The van der Waals surface area contributed by atoms with Crippen LogP contribution in [0.4, 0.5) is 0 Å². The van der Waals surface area contributed by atoms with Gasteiger partial charge in [-0.25, -0.2) is 0 Å². The summed E-state index contributed by atoms with van der Waals surface area (Å²) in [5.74, 6) is 1.94. The lowest BCUT2D eigenvalue weighted by molar-refractivity contribution is 0.0777. The van der Waals surface area contributed by atoms with Gasteiger partial charge >= 0.3 is 0 Å². The van der Waals surface area contributed by atoms with Gasteiger partial charge in [-0.1, -0.05) is 23.9 Å². The fraction of sp³-hybridized carbons (Fsp3) is 0.316. The van der Waals surface area contributed by atoms with Crippen molar-refractivity contribution in [3.63, 3.8) is 0 Å². The number of fused-ring (bicyclic) bond motifs is 1. The highest BCUT2D eigenvalue weighted by molar-refractivity contribution is 7.99. The van der Waals surface area contributed by atoms with Crippen molar-refractivity contribution in [3.8, 4) is 11.5 Å². The lowest BCUT2D eigenvalue weighted by atomic mass is 10.2. The van der Waals surface area contributed by atoms with E-state index in [2.05, 4.69) is 20.0 Å². The van der Waals surface area contributed by atoms with E-state index in [1.807, 2.05) is 44.2 Å². The van der Waals surface area contributed by atoms with Crippen LogP contribution in [0.25, 0.3) is 0 Å². The number of hydrogen-bond donors (Lipinski definition) is 1. The van der Waals surface area contributed by atoms with Crippen molar-refractivity contribution in [2.75, 3.05) is 12.4 Å². The monoisotopic (exact) mass is 384 g/mol. The van der Waals surface area contributed by atoms with Crippen LogP contribution in [0.2, 0.25) is 0 Å². The van der Waals surface area contributed by atoms with Crippen LogP contribution in [-0.2, 0) is 6.54 Å². The Hall–Kier alpha value is -2.74. The van der Waals surface area contributed by atoms with E-state index in [9.17, 15) is 4.79 Å². The Bertz CT molecular complexity index is 952. The van der Waals surface area contributed by atoms with Crippen molar-refractivity contribution in [2.24, 2.45) is 0 Å². The van der Waals surface area contributed by atoms with Gasteiger partial charge in [0.25, 0.3) is 0 Å². The third-order valence-corrected chi connectivity index (χ3v) is 5.47. The van der Waals surface area contributed by atoms with Gasteiger partial charge in [0.2, 0.25) is 0 Å². The maximum Gasteiger partial charge on any atom is 0.174 e. The molecule has 2 aromatic heterocycles. The summed E-state index contributed by atoms with van der Waals surface area (Å²) in [4.78, 5) is 12.6. The van der Waals surface area contributed by atoms with E-state index in [-0.39, 0.29) is 11.9 Å². The molecule has 1 atom stereocenters. The smallest absolute Gasteiger partial charge is 0.174 e. The first kappa shape index (κ1) is 17.7. The summed E-state index contributed by atoms with van der Waals surface area (Å²) >= 11 is 1.37. The quantitative estimate of drug-likeness (QED) is 0.520. The molecule has 140 valence electrons. The Kier molecular flexibility index (Phi) is 4.89. The molecular formula is C19H20N4O3S. The molecule has 8 heteroatoms. The fourth-order valence-electron chi connectivity index (χ4n) is 3.20. The van der Waals surface area contributed by atoms with E-state index in [0.29, 0.717) is 23.9 Å². The Morgan fingerprint density at radius 3 is 2.93 bits per heavy atom. The molecule has 0 amide bonds. The predicted molar refractivity (Wildman–Crippen MR) is 102 cm³/mol. The van der Waals surface area contributed by atoms with Crippen LogP contribution < -0.4 is 9.47 Å². The van der Waals surface area contributed by atoms with Gasteiger partial charge < -0.3 is 14.0 Å². The van der Waals surface area contributed by atoms with Crippen LogP contribution in [0, 0.1) is 13.8 Å². The van der Waals surface area contributed by atoms with Crippen LogP contribution in [0.1, 0.15) is 21.7 Å². The van der Waals surface area contributed by atoms with Crippen molar-refractivity contribution < 1.29 is 14.3 Å². The number of thioether (sulfide) groups is 1. The molecule has 1 aliphatic rings. The lowest BCUT2D eigenvalue weighted by Gasteiger charge is -2.27. The number of hydrogen-bond acceptors (Lipinski definition) is 6. The van der Waals surface area contributed by atoms with Crippen LogP contribution in [0.5, 0.6) is 11.5 Å². The van der Waals surface area contributed by atoms with E-state index in [0.717, 1.165) is 28.5 Å². The number of carbonyl (C=O) groups is 1. The zero-order chi connectivity index (χ0) is 18.8. The van der Waals surface area contributed by atoms with Gasteiger partial charge in [0.1, 0.15) is 11.6 Å². The number of ether oxygens (including phenoxy) is 2. The number of Topliss-reactive ketones (excluding diaryl/α,β-unsaturated/α-hetero) is 1. The number of aromatic amines is 1. The molecule has 0 saturated heterocycles. The minimum Gasteiger partial charge on any atom is -0.486 e. The highest BCUT2D eigenvalue weighted by Crippen LogP contribution is 2.31. The third kappa shape index (κ3) is 3.71.